The van der Waals surface area contributed by atoms with Gasteiger partial charge in [0.05, 0.1) is 21.8 Å². The quantitative estimate of drug-likeness (QED) is 0.416. The second-order valence-electron chi connectivity index (χ2n) is 5.93. The second-order valence-corrected chi connectivity index (χ2v) is 6.78. The van der Waals surface area contributed by atoms with Crippen LogP contribution in [0.15, 0.2) is 42.7 Å². The summed E-state index contributed by atoms with van der Waals surface area (Å²) in [6, 6.07) is 6.29. The number of benzene rings is 1. The number of anilines is 1. The molecule has 3 aromatic rings. The monoisotopic (exact) mass is 461 g/mol. The number of carbonyl (C=O) groups excluding carboxylic acids is 1. The first-order valence-corrected chi connectivity index (χ1v) is 9.17. The first-order valence-electron chi connectivity index (χ1n) is 8.41. The molecule has 0 saturated carbocycles. The highest BCUT2D eigenvalue weighted by molar-refractivity contribution is 6.35. The fourth-order valence-electron chi connectivity index (χ4n) is 2.59. The highest BCUT2D eigenvalue weighted by Crippen LogP contribution is 2.34. The van der Waals surface area contributed by atoms with Gasteiger partial charge in [0.15, 0.2) is 5.69 Å². The standard InChI is InChI=1S/C18H13Cl2F4N5O/c19-10-7-12(20)16(27-8-10)25-5-6-26-17(30)11-9-28-29(15(11)18(22,23)24)14-4-2-1-3-13(14)21/h1-4,7-9H,5-6H2,(H,25,27)(H,26,30). The number of aromatic nitrogens is 3. The maximum atomic E-state index is 14.0. The van der Waals surface area contributed by atoms with Gasteiger partial charge in [0, 0.05) is 19.3 Å². The van der Waals surface area contributed by atoms with Gasteiger partial charge in [-0.2, -0.15) is 18.3 Å². The Kier molecular flexibility index (Phi) is 6.47. The molecule has 0 atom stereocenters. The molecule has 0 aliphatic heterocycles. The van der Waals surface area contributed by atoms with Crippen LogP contribution in [0.25, 0.3) is 5.69 Å². The number of hydrogen-bond acceptors (Lipinski definition) is 4. The number of halogens is 6. The third-order valence-electron chi connectivity index (χ3n) is 3.87. The molecule has 0 bridgehead atoms. The van der Waals surface area contributed by atoms with Crippen molar-refractivity contribution >= 4 is 34.9 Å². The van der Waals surface area contributed by atoms with Gasteiger partial charge < -0.3 is 10.6 Å². The lowest BCUT2D eigenvalue weighted by Crippen LogP contribution is -2.30. The van der Waals surface area contributed by atoms with Crippen LogP contribution in [0.1, 0.15) is 16.1 Å². The number of hydrogen-bond donors (Lipinski definition) is 2. The van der Waals surface area contributed by atoms with Crippen molar-refractivity contribution in [2.45, 2.75) is 6.18 Å². The lowest BCUT2D eigenvalue weighted by Gasteiger charge is -2.13. The minimum Gasteiger partial charge on any atom is -0.367 e. The largest absolute Gasteiger partial charge is 0.434 e. The van der Waals surface area contributed by atoms with Gasteiger partial charge in [-0.1, -0.05) is 35.3 Å². The van der Waals surface area contributed by atoms with Crippen molar-refractivity contribution in [2.75, 3.05) is 18.4 Å². The number of nitrogens with one attached hydrogen (secondary N) is 2. The van der Waals surface area contributed by atoms with E-state index in [-0.39, 0.29) is 18.1 Å². The Morgan fingerprint density at radius 3 is 2.53 bits per heavy atom. The van der Waals surface area contributed by atoms with Crippen LogP contribution in [0, 0.1) is 5.82 Å². The van der Waals surface area contributed by atoms with E-state index < -0.39 is 34.8 Å². The first-order chi connectivity index (χ1) is 14.2. The number of alkyl halides is 3. The molecule has 12 heteroatoms. The summed E-state index contributed by atoms with van der Waals surface area (Å²) in [4.78, 5) is 16.3. The molecule has 0 aliphatic rings. The average molecular weight is 462 g/mol. The van der Waals surface area contributed by atoms with Gasteiger partial charge >= 0.3 is 6.18 Å². The van der Waals surface area contributed by atoms with E-state index in [1.165, 1.54) is 24.4 Å². The predicted octanol–water partition coefficient (Wildman–Crippen LogP) is 4.57. The van der Waals surface area contributed by atoms with Crippen LogP contribution in [0.4, 0.5) is 23.4 Å². The van der Waals surface area contributed by atoms with Gasteiger partial charge in [0.2, 0.25) is 0 Å². The van der Waals surface area contributed by atoms with Gasteiger partial charge in [0.1, 0.15) is 17.3 Å². The summed E-state index contributed by atoms with van der Waals surface area (Å²) in [6.45, 7) is 0.0878. The summed E-state index contributed by atoms with van der Waals surface area (Å²) in [6.07, 6.45) is -2.83. The summed E-state index contributed by atoms with van der Waals surface area (Å²) in [5.41, 5.74) is -2.53. The number of para-hydroxylation sites is 1. The lowest BCUT2D eigenvalue weighted by molar-refractivity contribution is -0.143. The first kappa shape index (κ1) is 21.8. The van der Waals surface area contributed by atoms with Crippen molar-refractivity contribution in [3.05, 3.63) is 69.8 Å². The molecule has 6 nitrogen and oxygen atoms in total. The molecule has 3 rings (SSSR count). The van der Waals surface area contributed by atoms with Crippen molar-refractivity contribution in [2.24, 2.45) is 0 Å². The SMILES string of the molecule is O=C(NCCNc1ncc(Cl)cc1Cl)c1cnn(-c2ccccc2F)c1C(F)(F)F. The summed E-state index contributed by atoms with van der Waals surface area (Å²) in [5, 5.41) is 9.33. The minimum absolute atomic E-state index is 0.0400. The molecule has 1 amide bonds. The van der Waals surface area contributed by atoms with E-state index in [0.29, 0.717) is 15.5 Å². The molecule has 0 saturated heterocycles. The number of carbonyl (C=O) groups is 1. The highest BCUT2D eigenvalue weighted by Gasteiger charge is 2.40. The molecule has 0 aliphatic carbocycles. The zero-order valence-corrected chi connectivity index (χ0v) is 16.5. The van der Waals surface area contributed by atoms with Crippen molar-refractivity contribution in [1.82, 2.24) is 20.1 Å². The Bertz CT molecular complexity index is 1070. The Morgan fingerprint density at radius 2 is 1.87 bits per heavy atom. The van der Waals surface area contributed by atoms with Crippen LogP contribution in [-0.2, 0) is 6.18 Å². The van der Waals surface area contributed by atoms with Gasteiger partial charge in [0.25, 0.3) is 5.91 Å². The fourth-order valence-corrected chi connectivity index (χ4v) is 3.04. The summed E-state index contributed by atoms with van der Waals surface area (Å²) in [5.74, 6) is -1.62. The van der Waals surface area contributed by atoms with Crippen molar-refractivity contribution in [3.63, 3.8) is 0 Å². The van der Waals surface area contributed by atoms with Crippen LogP contribution in [0.3, 0.4) is 0 Å². The molecule has 0 radical (unpaired) electrons. The van der Waals surface area contributed by atoms with Gasteiger partial charge in [-0.25, -0.2) is 14.1 Å². The number of rotatable bonds is 6. The summed E-state index contributed by atoms with van der Waals surface area (Å²) < 4.78 is 55.1. The number of pyridine rings is 1. The van der Waals surface area contributed by atoms with Crippen LogP contribution in [0.2, 0.25) is 10.0 Å². The number of nitrogens with zero attached hydrogens (tertiary/aromatic N) is 3. The van der Waals surface area contributed by atoms with E-state index in [0.717, 1.165) is 18.3 Å². The van der Waals surface area contributed by atoms with Crippen molar-refractivity contribution in [3.8, 4) is 5.69 Å². The van der Waals surface area contributed by atoms with Crippen molar-refractivity contribution in [1.29, 1.82) is 0 Å². The van der Waals surface area contributed by atoms with E-state index in [1.807, 2.05) is 0 Å². The van der Waals surface area contributed by atoms with E-state index in [9.17, 15) is 22.4 Å². The van der Waals surface area contributed by atoms with E-state index in [1.54, 1.807) is 0 Å². The molecule has 2 N–H and O–H groups in total. The maximum absolute atomic E-state index is 14.0. The molecule has 30 heavy (non-hydrogen) atoms. The van der Waals surface area contributed by atoms with Crippen LogP contribution >= 0.6 is 23.2 Å². The maximum Gasteiger partial charge on any atom is 0.434 e. The third kappa shape index (κ3) is 4.82. The topological polar surface area (TPSA) is 71.8 Å². The Morgan fingerprint density at radius 1 is 1.13 bits per heavy atom. The smallest absolute Gasteiger partial charge is 0.367 e. The zero-order chi connectivity index (χ0) is 21.9. The molecular formula is C18H13Cl2F4N5O. The molecule has 0 spiro atoms. The Hall–Kier alpha value is -2.85. The summed E-state index contributed by atoms with van der Waals surface area (Å²) >= 11 is 11.7. The average Bonchev–Trinajstić information content (AvgIpc) is 3.12. The Labute approximate surface area is 177 Å². The molecule has 158 valence electrons. The molecular weight excluding hydrogens is 449 g/mol. The number of amides is 1. The summed E-state index contributed by atoms with van der Waals surface area (Å²) in [7, 11) is 0. The predicted molar refractivity (Wildman–Crippen MR) is 104 cm³/mol. The van der Waals surface area contributed by atoms with Crippen LogP contribution in [0.5, 0.6) is 0 Å². The molecule has 2 aromatic heterocycles. The lowest BCUT2D eigenvalue weighted by atomic mass is 10.2. The van der Waals surface area contributed by atoms with Gasteiger partial charge in [-0.3, -0.25) is 4.79 Å². The van der Waals surface area contributed by atoms with Gasteiger partial charge in [-0.05, 0) is 18.2 Å². The Balaban J connectivity index is 1.74. The van der Waals surface area contributed by atoms with Gasteiger partial charge in [-0.15, -0.1) is 0 Å². The zero-order valence-electron chi connectivity index (χ0n) is 15.0. The normalized spacial score (nSPS) is 11.4. The fraction of sp³-hybridized carbons (Fsp3) is 0.167. The second kappa shape index (κ2) is 8.88. The third-order valence-corrected chi connectivity index (χ3v) is 4.37. The highest BCUT2D eigenvalue weighted by atomic mass is 35.5. The van der Waals surface area contributed by atoms with Crippen LogP contribution in [-0.4, -0.2) is 33.8 Å². The molecule has 2 heterocycles. The molecule has 0 unspecified atom stereocenters. The van der Waals surface area contributed by atoms with E-state index in [4.69, 9.17) is 23.2 Å². The van der Waals surface area contributed by atoms with Crippen molar-refractivity contribution < 1.29 is 22.4 Å². The van der Waals surface area contributed by atoms with E-state index in [2.05, 4.69) is 20.7 Å². The van der Waals surface area contributed by atoms with Crippen LogP contribution < -0.4 is 10.6 Å². The minimum atomic E-state index is -4.94. The molecule has 0 fully saturated rings. The molecule has 1 aromatic carbocycles. The van der Waals surface area contributed by atoms with E-state index >= 15 is 0 Å².